The molecule has 0 saturated carbocycles. The van der Waals surface area contributed by atoms with Crippen molar-refractivity contribution in [1.82, 2.24) is 4.90 Å². The number of nitrogens with zero attached hydrogens (tertiary/aromatic N) is 1. The van der Waals surface area contributed by atoms with Crippen molar-refractivity contribution in [2.75, 3.05) is 19.6 Å². The summed E-state index contributed by atoms with van der Waals surface area (Å²) in [6, 6.07) is 0.417. The molecule has 1 heterocycles. The minimum Gasteiger partial charge on any atom is -0.328 e. The van der Waals surface area contributed by atoms with Crippen LogP contribution in [0.2, 0.25) is 0 Å². The fraction of sp³-hybridized carbons (Fsp3) is 1.00. The molecule has 0 spiro atoms. The van der Waals surface area contributed by atoms with E-state index in [0.717, 1.165) is 12.3 Å². The van der Waals surface area contributed by atoms with Crippen molar-refractivity contribution >= 4 is 0 Å². The van der Waals surface area contributed by atoms with Crippen molar-refractivity contribution in [3.8, 4) is 0 Å². The Kier molecular flexibility index (Phi) is 5.49. The largest absolute Gasteiger partial charge is 0.328 e. The van der Waals surface area contributed by atoms with Crippen LogP contribution in [-0.4, -0.2) is 30.6 Å². The molecule has 0 aliphatic carbocycles. The minimum absolute atomic E-state index is 0.417. The SMILES string of the molecule is CCCC1CCN(CCC(N)CC)C1. The van der Waals surface area contributed by atoms with E-state index in [1.807, 2.05) is 0 Å². The average Bonchev–Trinajstić information content (AvgIpc) is 2.63. The molecule has 1 saturated heterocycles. The third kappa shape index (κ3) is 3.97. The van der Waals surface area contributed by atoms with E-state index in [4.69, 9.17) is 5.73 Å². The number of hydrogen-bond donors (Lipinski definition) is 1. The highest BCUT2D eigenvalue weighted by Gasteiger charge is 2.21. The maximum atomic E-state index is 5.92. The average molecular weight is 198 g/mol. The molecule has 2 nitrogen and oxygen atoms in total. The second-order valence-corrected chi connectivity index (χ2v) is 4.70. The quantitative estimate of drug-likeness (QED) is 0.709. The van der Waals surface area contributed by atoms with E-state index < -0.39 is 0 Å². The highest BCUT2D eigenvalue weighted by molar-refractivity contribution is 4.76. The van der Waals surface area contributed by atoms with Crippen LogP contribution in [0, 0.1) is 5.92 Å². The van der Waals surface area contributed by atoms with Crippen LogP contribution >= 0.6 is 0 Å². The second-order valence-electron chi connectivity index (χ2n) is 4.70. The standard InChI is InChI=1S/C12H26N2/c1-3-5-11-6-8-14(10-11)9-7-12(13)4-2/h11-12H,3-10,13H2,1-2H3. The zero-order chi connectivity index (χ0) is 10.4. The van der Waals surface area contributed by atoms with Gasteiger partial charge in [0.15, 0.2) is 0 Å². The Morgan fingerprint density at radius 1 is 1.43 bits per heavy atom. The van der Waals surface area contributed by atoms with Gasteiger partial charge in [-0.25, -0.2) is 0 Å². The van der Waals surface area contributed by atoms with Crippen molar-refractivity contribution < 1.29 is 0 Å². The Hall–Kier alpha value is -0.0800. The van der Waals surface area contributed by atoms with E-state index in [2.05, 4.69) is 18.7 Å². The second kappa shape index (κ2) is 6.41. The molecule has 2 heteroatoms. The van der Waals surface area contributed by atoms with Gasteiger partial charge in [0.25, 0.3) is 0 Å². The topological polar surface area (TPSA) is 29.3 Å². The van der Waals surface area contributed by atoms with Crippen molar-refractivity contribution in [2.45, 2.75) is 52.0 Å². The van der Waals surface area contributed by atoms with Gasteiger partial charge in [-0.2, -0.15) is 0 Å². The molecular formula is C12H26N2. The first-order valence-electron chi connectivity index (χ1n) is 6.24. The van der Waals surface area contributed by atoms with Crippen LogP contribution < -0.4 is 5.73 Å². The van der Waals surface area contributed by atoms with E-state index in [9.17, 15) is 0 Å². The first-order valence-corrected chi connectivity index (χ1v) is 6.24. The van der Waals surface area contributed by atoms with Gasteiger partial charge in [0.05, 0.1) is 0 Å². The van der Waals surface area contributed by atoms with Gasteiger partial charge in [0.1, 0.15) is 0 Å². The normalized spacial score (nSPS) is 25.5. The summed E-state index contributed by atoms with van der Waals surface area (Å²) in [6.07, 6.45) is 6.46. The van der Waals surface area contributed by atoms with E-state index in [1.54, 1.807) is 0 Å². The molecule has 0 aromatic heterocycles. The summed E-state index contributed by atoms with van der Waals surface area (Å²) in [7, 11) is 0. The molecule has 0 radical (unpaired) electrons. The van der Waals surface area contributed by atoms with Gasteiger partial charge in [-0.05, 0) is 44.7 Å². The molecule has 0 amide bonds. The van der Waals surface area contributed by atoms with Gasteiger partial charge in [-0.3, -0.25) is 0 Å². The Bertz CT molecular complexity index is 147. The predicted octanol–water partition coefficient (Wildman–Crippen LogP) is 2.24. The van der Waals surface area contributed by atoms with Crippen molar-refractivity contribution in [3.63, 3.8) is 0 Å². The molecule has 2 unspecified atom stereocenters. The Labute approximate surface area is 88.8 Å². The lowest BCUT2D eigenvalue weighted by Gasteiger charge is -2.18. The zero-order valence-electron chi connectivity index (χ0n) is 9.84. The molecule has 0 aromatic rings. The number of nitrogens with two attached hydrogens (primary N) is 1. The van der Waals surface area contributed by atoms with Crippen LogP contribution in [-0.2, 0) is 0 Å². The zero-order valence-corrected chi connectivity index (χ0v) is 9.84. The van der Waals surface area contributed by atoms with Crippen LogP contribution in [0.4, 0.5) is 0 Å². The highest BCUT2D eigenvalue weighted by Crippen LogP contribution is 2.20. The van der Waals surface area contributed by atoms with Crippen molar-refractivity contribution in [3.05, 3.63) is 0 Å². The highest BCUT2D eigenvalue weighted by atomic mass is 15.1. The Morgan fingerprint density at radius 2 is 2.21 bits per heavy atom. The van der Waals surface area contributed by atoms with Crippen LogP contribution in [0.15, 0.2) is 0 Å². The first kappa shape index (κ1) is 12.0. The van der Waals surface area contributed by atoms with Gasteiger partial charge < -0.3 is 10.6 Å². The summed E-state index contributed by atoms with van der Waals surface area (Å²) < 4.78 is 0. The van der Waals surface area contributed by atoms with E-state index in [-0.39, 0.29) is 0 Å². The third-order valence-corrected chi connectivity index (χ3v) is 3.41. The van der Waals surface area contributed by atoms with Crippen molar-refractivity contribution in [2.24, 2.45) is 11.7 Å². The van der Waals surface area contributed by atoms with E-state index in [0.29, 0.717) is 6.04 Å². The molecule has 84 valence electrons. The number of likely N-dealkylation sites (tertiary alicyclic amines) is 1. The van der Waals surface area contributed by atoms with E-state index >= 15 is 0 Å². The molecule has 0 aromatic carbocycles. The summed E-state index contributed by atoms with van der Waals surface area (Å²) in [5.41, 5.74) is 5.92. The summed E-state index contributed by atoms with van der Waals surface area (Å²) in [6.45, 7) is 8.31. The van der Waals surface area contributed by atoms with Crippen LogP contribution in [0.5, 0.6) is 0 Å². The lowest BCUT2D eigenvalue weighted by atomic mass is 10.0. The molecule has 2 atom stereocenters. The molecule has 1 fully saturated rings. The number of rotatable bonds is 6. The van der Waals surface area contributed by atoms with Crippen LogP contribution in [0.1, 0.15) is 46.0 Å². The van der Waals surface area contributed by atoms with E-state index in [1.165, 1.54) is 45.3 Å². The van der Waals surface area contributed by atoms with Crippen molar-refractivity contribution in [1.29, 1.82) is 0 Å². The fourth-order valence-corrected chi connectivity index (χ4v) is 2.31. The van der Waals surface area contributed by atoms with Gasteiger partial charge in [-0.1, -0.05) is 20.3 Å². The monoisotopic (exact) mass is 198 g/mol. The molecule has 2 N–H and O–H groups in total. The molecular weight excluding hydrogens is 172 g/mol. The summed E-state index contributed by atoms with van der Waals surface area (Å²) in [4.78, 5) is 2.59. The summed E-state index contributed by atoms with van der Waals surface area (Å²) >= 11 is 0. The lowest BCUT2D eigenvalue weighted by Crippen LogP contribution is -2.28. The predicted molar refractivity (Wildman–Crippen MR) is 62.3 cm³/mol. The fourth-order valence-electron chi connectivity index (χ4n) is 2.31. The molecule has 1 rings (SSSR count). The maximum Gasteiger partial charge on any atom is 0.00483 e. The summed E-state index contributed by atoms with van der Waals surface area (Å²) in [5, 5.41) is 0. The lowest BCUT2D eigenvalue weighted by molar-refractivity contribution is 0.304. The first-order chi connectivity index (χ1) is 6.76. The molecule has 1 aliphatic heterocycles. The molecule has 1 aliphatic rings. The van der Waals surface area contributed by atoms with Gasteiger partial charge in [0.2, 0.25) is 0 Å². The Balaban J connectivity index is 2.09. The van der Waals surface area contributed by atoms with Crippen LogP contribution in [0.25, 0.3) is 0 Å². The smallest absolute Gasteiger partial charge is 0.00483 e. The third-order valence-electron chi connectivity index (χ3n) is 3.41. The summed E-state index contributed by atoms with van der Waals surface area (Å²) in [5.74, 6) is 0.970. The number of hydrogen-bond acceptors (Lipinski definition) is 2. The van der Waals surface area contributed by atoms with Crippen LogP contribution in [0.3, 0.4) is 0 Å². The molecule has 14 heavy (non-hydrogen) atoms. The molecule has 0 bridgehead atoms. The van der Waals surface area contributed by atoms with Gasteiger partial charge >= 0.3 is 0 Å². The van der Waals surface area contributed by atoms with Gasteiger partial charge in [-0.15, -0.1) is 0 Å². The maximum absolute atomic E-state index is 5.92. The Morgan fingerprint density at radius 3 is 2.86 bits per heavy atom. The van der Waals surface area contributed by atoms with Gasteiger partial charge in [0, 0.05) is 12.6 Å². The minimum atomic E-state index is 0.417.